The molecular formula is C27H22ClFN2O3S. The Bertz CT molecular complexity index is 1510. The second-order valence-electron chi connectivity index (χ2n) is 8.62. The highest BCUT2D eigenvalue weighted by Crippen LogP contribution is 2.41. The molecule has 0 fully saturated rings. The van der Waals surface area contributed by atoms with Crippen molar-refractivity contribution in [3.05, 3.63) is 87.8 Å². The average Bonchev–Trinajstić information content (AvgIpc) is 3.36. The van der Waals surface area contributed by atoms with Crippen LogP contribution in [0.2, 0.25) is 5.02 Å². The highest BCUT2D eigenvalue weighted by atomic mass is 35.5. The summed E-state index contributed by atoms with van der Waals surface area (Å²) in [5.41, 5.74) is 4.33. The zero-order valence-electron chi connectivity index (χ0n) is 19.1. The van der Waals surface area contributed by atoms with Gasteiger partial charge in [0.25, 0.3) is 0 Å². The molecule has 8 heteroatoms. The van der Waals surface area contributed by atoms with E-state index >= 15 is 4.39 Å². The highest BCUT2D eigenvalue weighted by molar-refractivity contribution is 7.99. The molecule has 5 rings (SSSR count). The lowest BCUT2D eigenvalue weighted by Crippen LogP contribution is -2.32. The monoisotopic (exact) mass is 508 g/mol. The van der Waals surface area contributed by atoms with E-state index in [4.69, 9.17) is 11.6 Å². The highest BCUT2D eigenvalue weighted by Gasteiger charge is 2.27. The number of fused-ring (bicyclic) bond motifs is 2. The molecule has 0 spiro atoms. The van der Waals surface area contributed by atoms with Gasteiger partial charge in [-0.15, -0.1) is 0 Å². The minimum Gasteiger partial charge on any atom is -0.478 e. The van der Waals surface area contributed by atoms with Crippen LogP contribution < -0.4 is 4.90 Å². The Balaban J connectivity index is 1.56. The summed E-state index contributed by atoms with van der Waals surface area (Å²) in [7, 11) is 0. The second-order valence-corrected chi connectivity index (χ2v) is 10.1. The Morgan fingerprint density at radius 2 is 1.91 bits per heavy atom. The van der Waals surface area contributed by atoms with Gasteiger partial charge in [-0.3, -0.25) is 4.79 Å². The predicted molar refractivity (Wildman–Crippen MR) is 136 cm³/mol. The first-order valence-corrected chi connectivity index (χ1v) is 12.3. The lowest BCUT2D eigenvalue weighted by atomic mass is 10.1. The molecule has 1 N–H and O–H groups in total. The van der Waals surface area contributed by atoms with E-state index in [0.717, 1.165) is 28.1 Å². The van der Waals surface area contributed by atoms with Crippen LogP contribution in [0.4, 0.5) is 10.1 Å². The molecule has 3 aromatic carbocycles. The molecule has 1 aliphatic heterocycles. The van der Waals surface area contributed by atoms with Crippen LogP contribution in [0.15, 0.2) is 64.4 Å². The lowest BCUT2D eigenvalue weighted by molar-refractivity contribution is -0.119. The average molecular weight is 509 g/mol. The number of carbonyl (C=O) groups excluding carboxylic acids is 1. The van der Waals surface area contributed by atoms with Gasteiger partial charge in [0.15, 0.2) is 5.82 Å². The topological polar surface area (TPSA) is 62.5 Å². The Labute approximate surface area is 211 Å². The summed E-state index contributed by atoms with van der Waals surface area (Å²) in [6.07, 6.45) is 0.787. The maximum absolute atomic E-state index is 15.3. The van der Waals surface area contributed by atoms with Gasteiger partial charge in [-0.05, 0) is 62.2 Å². The van der Waals surface area contributed by atoms with Gasteiger partial charge in [-0.2, -0.15) is 0 Å². The van der Waals surface area contributed by atoms with Gasteiger partial charge in [0, 0.05) is 33.1 Å². The van der Waals surface area contributed by atoms with Crippen molar-refractivity contribution < 1.29 is 19.1 Å². The van der Waals surface area contributed by atoms with Crippen LogP contribution in [0.25, 0.3) is 10.9 Å². The summed E-state index contributed by atoms with van der Waals surface area (Å²) in [4.78, 5) is 28.0. The zero-order chi connectivity index (χ0) is 24.9. The Morgan fingerprint density at radius 3 is 2.69 bits per heavy atom. The molecule has 0 atom stereocenters. The number of carboxylic acids is 1. The van der Waals surface area contributed by atoms with Crippen molar-refractivity contribution >= 4 is 51.8 Å². The number of nitrogens with zero attached hydrogens (tertiary/aromatic N) is 2. The van der Waals surface area contributed by atoms with Crippen LogP contribution in [0, 0.1) is 19.7 Å². The van der Waals surface area contributed by atoms with Gasteiger partial charge in [-0.25, -0.2) is 9.18 Å². The summed E-state index contributed by atoms with van der Waals surface area (Å²) in [5, 5.41) is 9.95. The number of aromatic carboxylic acids is 1. The third-order valence-corrected chi connectivity index (χ3v) is 7.84. The van der Waals surface area contributed by atoms with Crippen molar-refractivity contribution in [1.82, 2.24) is 4.57 Å². The quantitative estimate of drug-likeness (QED) is 0.335. The number of hydrogen-bond acceptors (Lipinski definition) is 3. The summed E-state index contributed by atoms with van der Waals surface area (Å²) in [6.45, 7) is 4.41. The van der Waals surface area contributed by atoms with E-state index in [1.54, 1.807) is 33.7 Å². The molecule has 0 radical (unpaired) electrons. The number of amides is 1. The van der Waals surface area contributed by atoms with E-state index in [0.29, 0.717) is 22.5 Å². The third-order valence-electron chi connectivity index (χ3n) is 6.34. The molecule has 178 valence electrons. The molecule has 1 aromatic heterocycles. The van der Waals surface area contributed by atoms with Gasteiger partial charge in [0.05, 0.1) is 16.1 Å². The van der Waals surface area contributed by atoms with Crippen LogP contribution >= 0.6 is 23.4 Å². The number of anilines is 1. The van der Waals surface area contributed by atoms with Crippen LogP contribution in [-0.4, -0.2) is 28.1 Å². The standard InChI is InChI=1S/C27H22ClFN2O3S/c1-15-6-9-22-17(12-15)10-11-30(22)23(32)14-31-16(2)26(20-7-8-21(28)24(29)25(20)31)35-19-5-3-4-18(13-19)27(33)34/h3-9,12-13H,10-11,14H2,1-2H3,(H,33,34). The SMILES string of the molecule is Cc1ccc2c(c1)CCN2C(=O)Cn1c(C)c(Sc2cccc(C(=O)O)c2)c2ccc(Cl)c(F)c21. The number of halogens is 2. The number of carbonyl (C=O) groups is 2. The normalized spacial score (nSPS) is 12.9. The maximum Gasteiger partial charge on any atom is 0.335 e. The van der Waals surface area contributed by atoms with Gasteiger partial charge >= 0.3 is 5.97 Å². The Hall–Kier alpha value is -3.29. The lowest BCUT2D eigenvalue weighted by Gasteiger charge is -2.19. The molecule has 0 unspecified atom stereocenters. The smallest absolute Gasteiger partial charge is 0.335 e. The van der Waals surface area contributed by atoms with Gasteiger partial charge in [-0.1, -0.05) is 47.1 Å². The third kappa shape index (κ3) is 4.19. The molecule has 0 saturated carbocycles. The van der Waals surface area contributed by atoms with E-state index < -0.39 is 11.8 Å². The molecule has 1 aliphatic rings. The second kappa shape index (κ2) is 9.06. The van der Waals surface area contributed by atoms with Crippen LogP contribution in [0.3, 0.4) is 0 Å². The number of rotatable bonds is 5. The van der Waals surface area contributed by atoms with E-state index in [9.17, 15) is 14.7 Å². The molecule has 0 bridgehead atoms. The molecular weight excluding hydrogens is 487 g/mol. The molecule has 4 aromatic rings. The van der Waals surface area contributed by atoms with Crippen molar-refractivity contribution in [2.75, 3.05) is 11.4 Å². The largest absolute Gasteiger partial charge is 0.478 e. The fourth-order valence-corrected chi connectivity index (χ4v) is 5.87. The van der Waals surface area contributed by atoms with E-state index in [1.807, 2.05) is 26.0 Å². The van der Waals surface area contributed by atoms with Crippen molar-refractivity contribution in [3.63, 3.8) is 0 Å². The van der Waals surface area contributed by atoms with Crippen molar-refractivity contribution in [2.45, 2.75) is 36.6 Å². The van der Waals surface area contributed by atoms with Crippen LogP contribution in [0.5, 0.6) is 0 Å². The molecule has 35 heavy (non-hydrogen) atoms. The number of aryl methyl sites for hydroxylation is 1. The minimum absolute atomic E-state index is 0.0184. The molecule has 0 aliphatic carbocycles. The summed E-state index contributed by atoms with van der Waals surface area (Å²) >= 11 is 7.47. The number of carboxylic acid groups (broad SMARTS) is 1. The zero-order valence-corrected chi connectivity index (χ0v) is 20.7. The molecule has 2 heterocycles. The van der Waals surface area contributed by atoms with Crippen molar-refractivity contribution in [1.29, 1.82) is 0 Å². The van der Waals surface area contributed by atoms with Crippen LogP contribution in [0.1, 0.15) is 27.2 Å². The number of aromatic nitrogens is 1. The first-order chi connectivity index (χ1) is 16.7. The minimum atomic E-state index is -1.02. The molecule has 5 nitrogen and oxygen atoms in total. The fraction of sp³-hybridized carbons (Fsp3) is 0.185. The predicted octanol–water partition coefficient (Wildman–Crippen LogP) is 6.49. The maximum atomic E-state index is 15.3. The van der Waals surface area contributed by atoms with Crippen LogP contribution in [-0.2, 0) is 17.8 Å². The van der Waals surface area contributed by atoms with Crippen molar-refractivity contribution in [2.24, 2.45) is 0 Å². The molecule has 0 saturated heterocycles. The van der Waals surface area contributed by atoms with Gasteiger partial charge in [0.1, 0.15) is 6.54 Å². The van der Waals surface area contributed by atoms with Gasteiger partial charge in [0.2, 0.25) is 5.91 Å². The summed E-state index contributed by atoms with van der Waals surface area (Å²) in [5.74, 6) is -1.73. The van der Waals surface area contributed by atoms with E-state index in [-0.39, 0.29) is 28.6 Å². The van der Waals surface area contributed by atoms with E-state index in [1.165, 1.54) is 23.9 Å². The Morgan fingerprint density at radius 1 is 1.11 bits per heavy atom. The number of hydrogen-bond donors (Lipinski definition) is 1. The fourth-order valence-electron chi connectivity index (χ4n) is 4.62. The number of benzene rings is 3. The van der Waals surface area contributed by atoms with Crippen molar-refractivity contribution in [3.8, 4) is 0 Å². The molecule has 1 amide bonds. The summed E-state index contributed by atoms with van der Waals surface area (Å²) < 4.78 is 17.0. The van der Waals surface area contributed by atoms with E-state index in [2.05, 4.69) is 6.07 Å². The first kappa shape index (κ1) is 23.5. The van der Waals surface area contributed by atoms with Gasteiger partial charge < -0.3 is 14.6 Å². The Kier molecular flexibility index (Phi) is 6.07. The first-order valence-electron chi connectivity index (χ1n) is 11.1. The summed E-state index contributed by atoms with van der Waals surface area (Å²) in [6, 6.07) is 15.9.